The maximum absolute atomic E-state index is 12.4. The van der Waals surface area contributed by atoms with Crippen molar-refractivity contribution < 1.29 is 19.0 Å². The Labute approximate surface area is 177 Å². The molecule has 0 atom stereocenters. The monoisotopic (exact) mass is 430 g/mol. The molecule has 0 spiro atoms. The second-order valence-electron chi connectivity index (χ2n) is 6.37. The largest absolute Gasteiger partial charge is 0.497 e. The topological polar surface area (TPSA) is 62.1 Å². The molecule has 2 aromatic carbocycles. The van der Waals surface area contributed by atoms with Gasteiger partial charge in [-0.1, -0.05) is 11.3 Å². The third kappa shape index (κ3) is 4.43. The van der Waals surface area contributed by atoms with Crippen LogP contribution in [-0.4, -0.2) is 36.6 Å². The van der Waals surface area contributed by atoms with Gasteiger partial charge in [-0.25, -0.2) is 0 Å². The predicted octanol–water partition coefficient (Wildman–Crippen LogP) is 4.11. The summed E-state index contributed by atoms with van der Waals surface area (Å²) in [6, 6.07) is 11.8. The van der Waals surface area contributed by atoms with Crippen LogP contribution < -0.4 is 19.0 Å². The van der Waals surface area contributed by atoms with E-state index in [1.54, 1.807) is 18.9 Å². The van der Waals surface area contributed by atoms with Crippen LogP contribution in [0.4, 0.5) is 0 Å². The van der Waals surface area contributed by atoms with Crippen LogP contribution in [0.5, 0.6) is 17.2 Å². The van der Waals surface area contributed by atoms with Gasteiger partial charge in [0.1, 0.15) is 19.0 Å². The number of rotatable bonds is 6. The van der Waals surface area contributed by atoms with Crippen molar-refractivity contribution in [3.8, 4) is 17.2 Å². The van der Waals surface area contributed by atoms with Gasteiger partial charge in [0.25, 0.3) is 0 Å². The van der Waals surface area contributed by atoms with Crippen LogP contribution in [0.15, 0.2) is 46.3 Å². The van der Waals surface area contributed by atoms with E-state index in [2.05, 4.69) is 4.99 Å². The van der Waals surface area contributed by atoms with E-state index in [1.807, 2.05) is 47.9 Å². The number of hydrogen-bond donors (Lipinski definition) is 0. The Balaban J connectivity index is 1.49. The molecule has 1 aliphatic heterocycles. The van der Waals surface area contributed by atoms with Crippen LogP contribution in [-0.2, 0) is 11.3 Å². The van der Waals surface area contributed by atoms with E-state index in [9.17, 15) is 4.79 Å². The molecule has 1 aromatic heterocycles. The molecule has 0 N–H and O–H groups in total. The minimum atomic E-state index is -0.114. The molecule has 0 saturated heterocycles. The standard InChI is InChI=1S/C21H22N2O4S2/c1-3-23-16-12-17-18(27-10-9-26-17)13-19(16)29-21(23)22-20(24)8-11-28-15-6-4-14(25-2)5-7-15/h4-7,12-13H,3,8-11H2,1-2H3. The summed E-state index contributed by atoms with van der Waals surface area (Å²) >= 11 is 3.14. The van der Waals surface area contributed by atoms with Gasteiger partial charge in [-0.3, -0.25) is 4.79 Å². The number of hydrogen-bond acceptors (Lipinski definition) is 6. The first-order valence-electron chi connectivity index (χ1n) is 9.45. The molecule has 3 aromatic rings. The van der Waals surface area contributed by atoms with Crippen LogP contribution in [0.3, 0.4) is 0 Å². The van der Waals surface area contributed by atoms with E-state index in [-0.39, 0.29) is 5.91 Å². The van der Waals surface area contributed by atoms with Gasteiger partial charge in [-0.15, -0.1) is 11.8 Å². The lowest BCUT2D eigenvalue weighted by Gasteiger charge is -2.18. The van der Waals surface area contributed by atoms with Crippen LogP contribution in [0, 0.1) is 0 Å². The van der Waals surface area contributed by atoms with Crippen molar-refractivity contribution in [1.29, 1.82) is 0 Å². The summed E-state index contributed by atoms with van der Waals surface area (Å²) in [7, 11) is 1.65. The molecule has 29 heavy (non-hydrogen) atoms. The number of nitrogens with zero attached hydrogens (tertiary/aromatic N) is 2. The van der Waals surface area contributed by atoms with Gasteiger partial charge in [-0.2, -0.15) is 4.99 Å². The number of aromatic nitrogens is 1. The third-order valence-electron chi connectivity index (χ3n) is 4.53. The Hall–Kier alpha value is -2.45. The summed E-state index contributed by atoms with van der Waals surface area (Å²) < 4.78 is 19.6. The smallest absolute Gasteiger partial charge is 0.249 e. The molecule has 1 aliphatic rings. The molecule has 1 amide bonds. The highest BCUT2D eigenvalue weighted by atomic mass is 32.2. The van der Waals surface area contributed by atoms with Crippen molar-refractivity contribution in [2.45, 2.75) is 24.8 Å². The summed E-state index contributed by atoms with van der Waals surface area (Å²) in [5.74, 6) is 2.89. The van der Waals surface area contributed by atoms with E-state index in [0.717, 1.165) is 38.9 Å². The first-order chi connectivity index (χ1) is 14.2. The SMILES string of the molecule is CCn1c(=NC(=O)CCSc2ccc(OC)cc2)sc2cc3c(cc21)OCCO3. The second kappa shape index (κ2) is 8.92. The van der Waals surface area contributed by atoms with E-state index in [0.29, 0.717) is 30.2 Å². The lowest BCUT2D eigenvalue weighted by atomic mass is 10.2. The number of amides is 1. The first kappa shape index (κ1) is 19.8. The fourth-order valence-corrected chi connectivity index (χ4v) is 5.05. The Morgan fingerprint density at radius 2 is 1.93 bits per heavy atom. The first-order valence-corrected chi connectivity index (χ1v) is 11.3. The van der Waals surface area contributed by atoms with Crippen molar-refractivity contribution in [1.82, 2.24) is 4.57 Å². The highest BCUT2D eigenvalue weighted by molar-refractivity contribution is 7.99. The van der Waals surface area contributed by atoms with E-state index >= 15 is 0 Å². The molecule has 8 heteroatoms. The summed E-state index contributed by atoms with van der Waals surface area (Å²) in [5, 5.41) is 0. The van der Waals surface area contributed by atoms with Gasteiger partial charge in [0.2, 0.25) is 5.91 Å². The number of benzene rings is 2. The minimum Gasteiger partial charge on any atom is -0.497 e. The maximum Gasteiger partial charge on any atom is 0.249 e. The van der Waals surface area contributed by atoms with E-state index in [4.69, 9.17) is 14.2 Å². The lowest BCUT2D eigenvalue weighted by Crippen LogP contribution is -2.17. The minimum absolute atomic E-state index is 0.114. The highest BCUT2D eigenvalue weighted by Crippen LogP contribution is 2.35. The number of thiazole rings is 1. The zero-order valence-electron chi connectivity index (χ0n) is 16.3. The van der Waals surface area contributed by atoms with Gasteiger partial charge in [0.15, 0.2) is 16.3 Å². The summed E-state index contributed by atoms with van der Waals surface area (Å²) in [5.41, 5.74) is 1.01. The number of thioether (sulfide) groups is 1. The van der Waals surface area contributed by atoms with E-state index < -0.39 is 0 Å². The van der Waals surface area contributed by atoms with Crippen molar-refractivity contribution in [3.05, 3.63) is 41.2 Å². The molecule has 0 aliphatic carbocycles. The highest BCUT2D eigenvalue weighted by Gasteiger charge is 2.16. The van der Waals surface area contributed by atoms with Crippen molar-refractivity contribution in [2.75, 3.05) is 26.1 Å². The van der Waals surface area contributed by atoms with Crippen molar-refractivity contribution in [2.24, 2.45) is 4.99 Å². The molecule has 152 valence electrons. The zero-order chi connectivity index (χ0) is 20.2. The van der Waals surface area contributed by atoms with Crippen molar-refractivity contribution >= 4 is 39.2 Å². The number of carbonyl (C=O) groups is 1. The van der Waals surface area contributed by atoms with Gasteiger partial charge >= 0.3 is 0 Å². The summed E-state index contributed by atoms with van der Waals surface area (Å²) in [4.78, 5) is 18.6. The quantitative estimate of drug-likeness (QED) is 0.551. The molecular weight excluding hydrogens is 408 g/mol. The fourth-order valence-electron chi connectivity index (χ4n) is 3.09. The van der Waals surface area contributed by atoms with Crippen LogP contribution in [0.2, 0.25) is 0 Å². The molecule has 0 saturated carbocycles. The molecular formula is C21H22N2O4S2. The Morgan fingerprint density at radius 3 is 2.62 bits per heavy atom. The van der Waals surface area contributed by atoms with Gasteiger partial charge < -0.3 is 18.8 Å². The van der Waals surface area contributed by atoms with E-state index in [1.165, 1.54) is 11.3 Å². The molecule has 0 radical (unpaired) electrons. The molecule has 0 bridgehead atoms. The number of methoxy groups -OCH3 is 1. The van der Waals surface area contributed by atoms with Crippen molar-refractivity contribution in [3.63, 3.8) is 0 Å². The molecule has 4 rings (SSSR count). The number of ether oxygens (including phenoxy) is 3. The lowest BCUT2D eigenvalue weighted by molar-refractivity contribution is -0.117. The number of aryl methyl sites for hydroxylation is 1. The average Bonchev–Trinajstić information content (AvgIpc) is 3.08. The summed E-state index contributed by atoms with van der Waals surface area (Å²) in [6.07, 6.45) is 0.386. The normalized spacial score (nSPS) is 13.7. The zero-order valence-corrected chi connectivity index (χ0v) is 18.0. The van der Waals surface area contributed by atoms with Crippen LogP contribution in [0.25, 0.3) is 10.2 Å². The van der Waals surface area contributed by atoms with Gasteiger partial charge in [0, 0.05) is 35.7 Å². The molecule has 2 heterocycles. The molecule has 0 unspecified atom stereocenters. The Morgan fingerprint density at radius 1 is 1.21 bits per heavy atom. The van der Waals surface area contributed by atoms with Gasteiger partial charge in [-0.05, 0) is 31.2 Å². The fraction of sp³-hybridized carbons (Fsp3) is 0.333. The number of fused-ring (bicyclic) bond motifs is 2. The predicted molar refractivity (Wildman–Crippen MR) is 115 cm³/mol. The Bertz CT molecular complexity index is 1090. The molecule has 0 fully saturated rings. The van der Waals surface area contributed by atoms with Crippen LogP contribution in [0.1, 0.15) is 13.3 Å². The maximum atomic E-state index is 12.4. The summed E-state index contributed by atoms with van der Waals surface area (Å²) in [6.45, 7) is 3.88. The second-order valence-corrected chi connectivity index (χ2v) is 8.55. The molecule has 6 nitrogen and oxygen atoms in total. The Kier molecular flexibility index (Phi) is 6.10. The third-order valence-corrected chi connectivity index (χ3v) is 6.58. The average molecular weight is 431 g/mol. The number of carbonyl (C=O) groups excluding carboxylic acids is 1. The van der Waals surface area contributed by atoms with Crippen LogP contribution >= 0.6 is 23.1 Å². The van der Waals surface area contributed by atoms with Gasteiger partial charge in [0.05, 0.1) is 17.3 Å².